The second kappa shape index (κ2) is 6.42. The predicted molar refractivity (Wildman–Crippen MR) is 79.8 cm³/mol. The molecular weight excluding hydrogens is 306 g/mol. The van der Waals surface area contributed by atoms with Crippen LogP contribution in [0.4, 0.5) is 0 Å². The lowest BCUT2D eigenvalue weighted by molar-refractivity contribution is -0.139. The van der Waals surface area contributed by atoms with Gasteiger partial charge in [0.2, 0.25) is 0 Å². The molecule has 3 nitrogen and oxygen atoms in total. The average Bonchev–Trinajstić information content (AvgIpc) is 2.82. The van der Waals surface area contributed by atoms with Crippen molar-refractivity contribution in [2.24, 2.45) is 0 Å². The largest absolute Gasteiger partial charge is 0.480 e. The number of benzene rings is 1. The molecule has 0 spiro atoms. The highest BCUT2D eigenvalue weighted by Crippen LogP contribution is 2.29. The Labute approximate surface area is 123 Å². The molecule has 1 amide bonds. The zero-order valence-electron chi connectivity index (χ0n) is 11.4. The zero-order chi connectivity index (χ0) is 13.8. The van der Waals surface area contributed by atoms with E-state index in [4.69, 9.17) is 4.74 Å². The van der Waals surface area contributed by atoms with Gasteiger partial charge in [-0.3, -0.25) is 4.79 Å². The second-order valence-electron chi connectivity index (χ2n) is 5.09. The number of amides is 1. The van der Waals surface area contributed by atoms with Crippen molar-refractivity contribution >= 4 is 21.8 Å². The Morgan fingerprint density at radius 1 is 1.47 bits per heavy atom. The summed E-state index contributed by atoms with van der Waals surface area (Å²) in [6.07, 6.45) is 1.30. The summed E-state index contributed by atoms with van der Waals surface area (Å²) in [7, 11) is 0. The summed E-state index contributed by atoms with van der Waals surface area (Å²) in [6, 6.07) is 8.09. The van der Waals surface area contributed by atoms with E-state index in [1.807, 2.05) is 43.0 Å². The van der Waals surface area contributed by atoms with Crippen LogP contribution in [0.15, 0.2) is 24.3 Å². The van der Waals surface area contributed by atoms with Crippen LogP contribution in [0.1, 0.15) is 25.8 Å². The van der Waals surface area contributed by atoms with Gasteiger partial charge < -0.3 is 9.64 Å². The lowest BCUT2D eigenvalue weighted by Crippen LogP contribution is -2.45. The van der Waals surface area contributed by atoms with Gasteiger partial charge in [0.1, 0.15) is 5.75 Å². The third-order valence-corrected chi connectivity index (χ3v) is 3.92. The van der Waals surface area contributed by atoms with Crippen LogP contribution in [0.3, 0.4) is 0 Å². The minimum absolute atomic E-state index is 0.104. The molecule has 0 radical (unpaired) electrons. The van der Waals surface area contributed by atoms with Crippen LogP contribution >= 0.6 is 15.9 Å². The molecule has 104 valence electrons. The number of ether oxygens (including phenoxy) is 1. The number of nitrogens with zero attached hydrogens (tertiary/aromatic N) is 1. The molecule has 2 rings (SSSR count). The van der Waals surface area contributed by atoms with Crippen molar-refractivity contribution < 1.29 is 9.53 Å². The number of hydrogen-bond acceptors (Lipinski definition) is 2. The molecule has 0 fully saturated rings. The molecule has 0 aliphatic carbocycles. The summed E-state index contributed by atoms with van der Waals surface area (Å²) in [6.45, 7) is 4.88. The fourth-order valence-corrected chi connectivity index (χ4v) is 2.61. The van der Waals surface area contributed by atoms with Crippen LogP contribution in [-0.2, 0) is 11.2 Å². The van der Waals surface area contributed by atoms with Crippen molar-refractivity contribution in [1.82, 2.24) is 4.90 Å². The first-order chi connectivity index (χ1) is 9.13. The number of halogens is 1. The first-order valence-electron chi connectivity index (χ1n) is 6.74. The van der Waals surface area contributed by atoms with E-state index in [-0.39, 0.29) is 18.1 Å². The number of carbonyl (C=O) groups is 1. The lowest BCUT2D eigenvalue weighted by Gasteiger charge is -2.28. The van der Waals surface area contributed by atoms with Crippen molar-refractivity contribution in [3.05, 3.63) is 29.8 Å². The van der Waals surface area contributed by atoms with Crippen molar-refractivity contribution in [2.45, 2.75) is 38.8 Å². The van der Waals surface area contributed by atoms with Gasteiger partial charge in [-0.1, -0.05) is 34.1 Å². The molecule has 1 aliphatic rings. The molecule has 1 atom stereocenters. The zero-order valence-corrected chi connectivity index (χ0v) is 13.0. The van der Waals surface area contributed by atoms with E-state index in [0.717, 1.165) is 29.6 Å². The smallest absolute Gasteiger partial charge is 0.264 e. The van der Waals surface area contributed by atoms with Gasteiger partial charge in [-0.15, -0.1) is 0 Å². The predicted octanol–water partition coefficient (Wildman–Crippen LogP) is 3.01. The van der Waals surface area contributed by atoms with Gasteiger partial charge in [-0.2, -0.15) is 0 Å². The fourth-order valence-electron chi connectivity index (χ4n) is 2.36. The van der Waals surface area contributed by atoms with Gasteiger partial charge in [0.25, 0.3) is 5.91 Å². The number of hydrogen-bond donors (Lipinski definition) is 0. The van der Waals surface area contributed by atoms with Gasteiger partial charge >= 0.3 is 0 Å². The molecule has 1 aromatic carbocycles. The van der Waals surface area contributed by atoms with Crippen LogP contribution < -0.4 is 4.74 Å². The molecule has 0 saturated carbocycles. The summed E-state index contributed by atoms with van der Waals surface area (Å²) in [4.78, 5) is 14.5. The van der Waals surface area contributed by atoms with Crippen molar-refractivity contribution in [1.29, 1.82) is 0 Å². The maximum atomic E-state index is 12.5. The lowest BCUT2D eigenvalue weighted by atomic mass is 10.1. The molecule has 1 unspecified atom stereocenters. The Kier molecular flexibility index (Phi) is 4.86. The molecule has 19 heavy (non-hydrogen) atoms. The van der Waals surface area contributed by atoms with Crippen molar-refractivity contribution in [3.63, 3.8) is 0 Å². The summed E-state index contributed by atoms with van der Waals surface area (Å²) >= 11 is 3.41. The Morgan fingerprint density at radius 2 is 2.21 bits per heavy atom. The monoisotopic (exact) mass is 325 g/mol. The first-order valence-corrected chi connectivity index (χ1v) is 7.86. The number of para-hydroxylation sites is 1. The van der Waals surface area contributed by atoms with Crippen molar-refractivity contribution in [2.75, 3.05) is 11.9 Å². The fraction of sp³-hybridized carbons (Fsp3) is 0.533. The standard InChI is InChI=1S/C15H20BrNO2/c1-11(2)17(9-5-8-16)15(18)14-10-12-6-3-4-7-13(12)19-14/h3-4,6-7,11,14H,5,8-10H2,1-2H3. The van der Waals surface area contributed by atoms with E-state index in [0.29, 0.717) is 6.42 Å². The number of fused-ring (bicyclic) bond motifs is 1. The molecule has 0 saturated heterocycles. The van der Waals surface area contributed by atoms with E-state index < -0.39 is 0 Å². The normalized spacial score (nSPS) is 17.2. The highest BCUT2D eigenvalue weighted by molar-refractivity contribution is 9.09. The summed E-state index contributed by atoms with van der Waals surface area (Å²) < 4.78 is 5.78. The van der Waals surface area contributed by atoms with Gasteiger partial charge in [0.15, 0.2) is 6.10 Å². The third-order valence-electron chi connectivity index (χ3n) is 3.36. The van der Waals surface area contributed by atoms with E-state index in [1.54, 1.807) is 0 Å². The quantitative estimate of drug-likeness (QED) is 0.779. The van der Waals surface area contributed by atoms with Gasteiger partial charge in [0.05, 0.1) is 0 Å². The average molecular weight is 326 g/mol. The Hall–Kier alpha value is -1.03. The minimum atomic E-state index is -0.352. The number of carbonyl (C=O) groups excluding carboxylic acids is 1. The Balaban J connectivity index is 2.04. The molecular formula is C15H20BrNO2. The highest BCUT2D eigenvalue weighted by atomic mass is 79.9. The molecule has 0 aromatic heterocycles. The first kappa shape index (κ1) is 14.4. The molecule has 0 bridgehead atoms. The van der Waals surface area contributed by atoms with Crippen molar-refractivity contribution in [3.8, 4) is 5.75 Å². The van der Waals surface area contributed by atoms with Crippen LogP contribution in [0.5, 0.6) is 5.75 Å². The summed E-state index contributed by atoms with van der Waals surface area (Å²) in [5.74, 6) is 0.956. The molecule has 1 heterocycles. The highest BCUT2D eigenvalue weighted by Gasteiger charge is 2.32. The van der Waals surface area contributed by atoms with E-state index in [9.17, 15) is 4.79 Å². The summed E-state index contributed by atoms with van der Waals surface area (Å²) in [5, 5.41) is 0.912. The maximum Gasteiger partial charge on any atom is 0.264 e. The van der Waals surface area contributed by atoms with Crippen LogP contribution in [0.25, 0.3) is 0 Å². The molecule has 4 heteroatoms. The molecule has 1 aromatic rings. The number of alkyl halides is 1. The van der Waals surface area contributed by atoms with E-state index in [1.165, 1.54) is 0 Å². The second-order valence-corrected chi connectivity index (χ2v) is 5.88. The molecule has 0 N–H and O–H groups in total. The van der Waals surface area contributed by atoms with Crippen LogP contribution in [-0.4, -0.2) is 34.8 Å². The van der Waals surface area contributed by atoms with Gasteiger partial charge in [-0.25, -0.2) is 0 Å². The SMILES string of the molecule is CC(C)N(CCCBr)C(=O)C1Cc2ccccc2O1. The maximum absolute atomic E-state index is 12.5. The number of rotatable bonds is 5. The van der Waals surface area contributed by atoms with Gasteiger partial charge in [0, 0.05) is 24.3 Å². The Morgan fingerprint density at radius 3 is 2.84 bits per heavy atom. The third kappa shape index (κ3) is 3.30. The van der Waals surface area contributed by atoms with Crippen LogP contribution in [0, 0.1) is 0 Å². The topological polar surface area (TPSA) is 29.5 Å². The minimum Gasteiger partial charge on any atom is -0.480 e. The Bertz CT molecular complexity index is 423. The van der Waals surface area contributed by atoms with E-state index >= 15 is 0 Å². The molecule has 1 aliphatic heterocycles. The van der Waals surface area contributed by atoms with Crippen LogP contribution in [0.2, 0.25) is 0 Å². The van der Waals surface area contributed by atoms with Gasteiger partial charge in [-0.05, 0) is 31.9 Å². The van der Waals surface area contributed by atoms with E-state index in [2.05, 4.69) is 15.9 Å². The summed E-state index contributed by atoms with van der Waals surface area (Å²) in [5.41, 5.74) is 1.13.